The fourth-order valence-electron chi connectivity index (χ4n) is 2.89. The highest BCUT2D eigenvalue weighted by atomic mass is 16.5. The van der Waals surface area contributed by atoms with Crippen LogP contribution >= 0.6 is 0 Å². The zero-order valence-corrected chi connectivity index (χ0v) is 17.2. The molecule has 8 nitrogen and oxygen atoms in total. The van der Waals surface area contributed by atoms with Crippen molar-refractivity contribution in [1.82, 2.24) is 9.38 Å². The molecule has 0 spiro atoms. The summed E-state index contributed by atoms with van der Waals surface area (Å²) < 4.78 is 22.5. The molecule has 8 heteroatoms. The molecule has 0 saturated heterocycles. The zero-order chi connectivity index (χ0) is 21.7. The van der Waals surface area contributed by atoms with Crippen LogP contribution < -0.4 is 19.8 Å². The van der Waals surface area contributed by atoms with Gasteiger partial charge in [0.05, 0.1) is 27.0 Å². The molecule has 0 aliphatic heterocycles. The predicted octanol–water partition coefficient (Wildman–Crippen LogP) is 2.79. The number of fused-ring (bicyclic) bond motifs is 1. The lowest BCUT2D eigenvalue weighted by atomic mass is 10.1. The first-order chi connectivity index (χ1) is 14.4. The normalized spacial score (nSPS) is 10.9. The number of aromatic nitrogens is 2. The van der Waals surface area contributed by atoms with Gasteiger partial charge in [0, 0.05) is 18.3 Å². The standard InChI is InChI=1S/C22H22N2O6/c1-14-5-7-19-23-16(11-20(25)24(19)12-14)13-30-21(26)8-6-15-9-17(27-2)22(29-4)18(10-15)28-3/h5-12H,13H2,1-4H3/b8-6+. The Morgan fingerprint density at radius 1 is 1.07 bits per heavy atom. The Hall–Kier alpha value is -3.81. The molecular formula is C22H22N2O6. The van der Waals surface area contributed by atoms with E-state index in [1.165, 1.54) is 37.9 Å². The quantitative estimate of drug-likeness (QED) is 0.437. The van der Waals surface area contributed by atoms with Gasteiger partial charge in [-0.3, -0.25) is 9.20 Å². The van der Waals surface area contributed by atoms with Gasteiger partial charge in [-0.15, -0.1) is 0 Å². The van der Waals surface area contributed by atoms with E-state index >= 15 is 0 Å². The number of esters is 1. The Morgan fingerprint density at radius 2 is 1.77 bits per heavy atom. The summed E-state index contributed by atoms with van der Waals surface area (Å²) in [7, 11) is 4.54. The maximum absolute atomic E-state index is 12.2. The third-order valence-electron chi connectivity index (χ3n) is 4.32. The van der Waals surface area contributed by atoms with E-state index in [1.807, 2.05) is 13.0 Å². The van der Waals surface area contributed by atoms with Crippen molar-refractivity contribution >= 4 is 17.7 Å². The van der Waals surface area contributed by atoms with Crippen molar-refractivity contribution in [3.63, 3.8) is 0 Å². The van der Waals surface area contributed by atoms with E-state index < -0.39 is 5.97 Å². The maximum atomic E-state index is 12.2. The number of ether oxygens (including phenoxy) is 4. The van der Waals surface area contributed by atoms with Crippen molar-refractivity contribution in [2.24, 2.45) is 0 Å². The fourth-order valence-corrected chi connectivity index (χ4v) is 2.89. The van der Waals surface area contributed by atoms with Crippen LogP contribution in [0.5, 0.6) is 17.2 Å². The van der Waals surface area contributed by atoms with Crippen molar-refractivity contribution in [2.45, 2.75) is 13.5 Å². The number of hydrogen-bond acceptors (Lipinski definition) is 7. The highest BCUT2D eigenvalue weighted by molar-refractivity contribution is 5.87. The maximum Gasteiger partial charge on any atom is 0.331 e. The molecule has 1 aromatic carbocycles. The van der Waals surface area contributed by atoms with Gasteiger partial charge in [0.2, 0.25) is 5.75 Å². The van der Waals surface area contributed by atoms with Crippen LogP contribution in [-0.4, -0.2) is 36.7 Å². The van der Waals surface area contributed by atoms with Gasteiger partial charge in [-0.2, -0.15) is 0 Å². The van der Waals surface area contributed by atoms with Crippen LogP contribution in [0.1, 0.15) is 16.8 Å². The van der Waals surface area contributed by atoms with Gasteiger partial charge in [-0.1, -0.05) is 6.07 Å². The van der Waals surface area contributed by atoms with Gasteiger partial charge < -0.3 is 18.9 Å². The minimum Gasteiger partial charge on any atom is -0.493 e. The van der Waals surface area contributed by atoms with E-state index in [2.05, 4.69) is 4.98 Å². The summed E-state index contributed by atoms with van der Waals surface area (Å²) >= 11 is 0. The smallest absolute Gasteiger partial charge is 0.331 e. The van der Waals surface area contributed by atoms with E-state index in [4.69, 9.17) is 18.9 Å². The molecule has 0 atom stereocenters. The Kier molecular flexibility index (Phi) is 6.36. The number of carbonyl (C=O) groups excluding carboxylic acids is 1. The van der Waals surface area contributed by atoms with Crippen molar-refractivity contribution in [2.75, 3.05) is 21.3 Å². The molecule has 3 rings (SSSR count). The Labute approximate surface area is 173 Å². The SMILES string of the molecule is COc1cc(/C=C/C(=O)OCc2cc(=O)n3cc(C)ccc3n2)cc(OC)c1OC. The molecule has 0 amide bonds. The van der Waals surface area contributed by atoms with Crippen molar-refractivity contribution in [3.05, 3.63) is 69.8 Å². The third-order valence-corrected chi connectivity index (χ3v) is 4.32. The van der Waals surface area contributed by atoms with Crippen LogP contribution in [0.25, 0.3) is 11.7 Å². The molecule has 0 fully saturated rings. The lowest BCUT2D eigenvalue weighted by Crippen LogP contribution is -2.16. The summed E-state index contributed by atoms with van der Waals surface area (Å²) in [5.41, 5.74) is 2.25. The number of aryl methyl sites for hydroxylation is 1. The number of hydrogen-bond donors (Lipinski definition) is 0. The molecule has 30 heavy (non-hydrogen) atoms. The second kappa shape index (κ2) is 9.13. The molecule has 156 valence electrons. The largest absolute Gasteiger partial charge is 0.493 e. The van der Waals surface area contributed by atoms with Gasteiger partial charge in [0.25, 0.3) is 5.56 Å². The summed E-state index contributed by atoms with van der Waals surface area (Å²) in [6.45, 7) is 1.78. The van der Waals surface area contributed by atoms with E-state index in [0.29, 0.717) is 34.2 Å². The molecule has 0 N–H and O–H groups in total. The van der Waals surface area contributed by atoms with E-state index in [0.717, 1.165) is 5.56 Å². The van der Waals surface area contributed by atoms with Gasteiger partial charge >= 0.3 is 5.97 Å². The summed E-state index contributed by atoms with van der Waals surface area (Å²) in [5, 5.41) is 0. The molecule has 0 bridgehead atoms. The average molecular weight is 410 g/mol. The van der Waals surface area contributed by atoms with Crippen LogP contribution in [0.2, 0.25) is 0 Å². The number of carbonyl (C=O) groups is 1. The summed E-state index contributed by atoms with van der Waals surface area (Å²) in [5.74, 6) is 0.833. The van der Waals surface area contributed by atoms with Gasteiger partial charge in [0.15, 0.2) is 11.5 Å². The molecule has 0 saturated carbocycles. The summed E-state index contributed by atoms with van der Waals surface area (Å²) in [4.78, 5) is 28.7. The van der Waals surface area contributed by atoms with Crippen LogP contribution in [0, 0.1) is 6.92 Å². The molecule has 2 aromatic heterocycles. The first-order valence-corrected chi connectivity index (χ1v) is 9.09. The number of nitrogens with zero attached hydrogens (tertiary/aromatic N) is 2. The zero-order valence-electron chi connectivity index (χ0n) is 17.2. The van der Waals surface area contributed by atoms with Crippen LogP contribution in [-0.2, 0) is 16.1 Å². The second-order valence-corrected chi connectivity index (χ2v) is 6.42. The molecule has 0 radical (unpaired) electrons. The highest BCUT2D eigenvalue weighted by Gasteiger charge is 2.12. The monoisotopic (exact) mass is 410 g/mol. The number of pyridine rings is 1. The molecular weight excluding hydrogens is 388 g/mol. The minimum atomic E-state index is -0.574. The van der Waals surface area contributed by atoms with Gasteiger partial charge in [0.1, 0.15) is 12.3 Å². The van der Waals surface area contributed by atoms with Crippen molar-refractivity contribution in [3.8, 4) is 17.2 Å². The van der Waals surface area contributed by atoms with Crippen molar-refractivity contribution in [1.29, 1.82) is 0 Å². The van der Waals surface area contributed by atoms with Gasteiger partial charge in [-0.25, -0.2) is 9.78 Å². The van der Waals surface area contributed by atoms with E-state index in [1.54, 1.807) is 30.5 Å². The van der Waals surface area contributed by atoms with Gasteiger partial charge in [-0.05, 0) is 42.3 Å². The molecule has 0 aliphatic rings. The topological polar surface area (TPSA) is 88.4 Å². The van der Waals surface area contributed by atoms with E-state index in [9.17, 15) is 9.59 Å². The van der Waals surface area contributed by atoms with Crippen molar-refractivity contribution < 1.29 is 23.7 Å². The second-order valence-electron chi connectivity index (χ2n) is 6.42. The minimum absolute atomic E-state index is 0.113. The number of methoxy groups -OCH3 is 3. The van der Waals surface area contributed by atoms with Crippen LogP contribution in [0.15, 0.2) is 47.4 Å². The summed E-state index contributed by atoms with van der Waals surface area (Å²) in [6, 6.07) is 8.37. The first kappa shape index (κ1) is 20.9. The van der Waals surface area contributed by atoms with Crippen LogP contribution in [0.4, 0.5) is 0 Å². The molecule has 0 aliphatic carbocycles. The Bertz CT molecular complexity index is 1140. The lowest BCUT2D eigenvalue weighted by Gasteiger charge is -2.12. The Morgan fingerprint density at radius 3 is 2.40 bits per heavy atom. The first-order valence-electron chi connectivity index (χ1n) is 9.09. The van der Waals surface area contributed by atoms with E-state index in [-0.39, 0.29) is 12.2 Å². The molecule has 2 heterocycles. The molecule has 3 aromatic rings. The number of benzene rings is 1. The van der Waals surface area contributed by atoms with Crippen LogP contribution in [0.3, 0.4) is 0 Å². The average Bonchev–Trinajstić information content (AvgIpc) is 2.75. The lowest BCUT2D eigenvalue weighted by molar-refractivity contribution is -0.139. The fraction of sp³-hybridized carbons (Fsp3) is 0.227. The third kappa shape index (κ3) is 4.60. The highest BCUT2D eigenvalue weighted by Crippen LogP contribution is 2.38. The predicted molar refractivity (Wildman–Crippen MR) is 111 cm³/mol. The Balaban J connectivity index is 1.72. The number of rotatable bonds is 7. The molecule has 0 unspecified atom stereocenters. The summed E-state index contributed by atoms with van der Waals surface area (Å²) in [6.07, 6.45) is 4.55.